The highest BCUT2D eigenvalue weighted by molar-refractivity contribution is 9.10. The van der Waals surface area contributed by atoms with Crippen LogP contribution in [0.1, 0.15) is 25.3 Å². The molecule has 1 rings (SSSR count). The summed E-state index contributed by atoms with van der Waals surface area (Å²) in [5.74, 6) is -0.300. The summed E-state index contributed by atoms with van der Waals surface area (Å²) in [5, 5.41) is 10.2. The molecule has 1 unspecified atom stereocenters. The minimum atomic E-state index is -1.00. The molecule has 0 aliphatic heterocycles. The van der Waals surface area contributed by atoms with Crippen LogP contribution in [-0.2, 0) is 6.42 Å². The second kappa shape index (κ2) is 5.75. The molecule has 0 fully saturated rings. The maximum Gasteiger partial charge on any atom is 0.126 e. The second-order valence-electron chi connectivity index (χ2n) is 4.09. The fourth-order valence-electron chi connectivity index (χ4n) is 1.76. The van der Waals surface area contributed by atoms with Crippen molar-refractivity contribution in [2.45, 2.75) is 31.8 Å². The molecule has 0 saturated carbocycles. The van der Waals surface area contributed by atoms with Gasteiger partial charge in [-0.3, -0.25) is 0 Å². The molecular weight excluding hydrogens is 273 g/mol. The van der Waals surface area contributed by atoms with Crippen LogP contribution in [0.3, 0.4) is 0 Å². The predicted molar refractivity (Wildman–Crippen MR) is 66.7 cm³/mol. The largest absolute Gasteiger partial charge is 0.388 e. The smallest absolute Gasteiger partial charge is 0.126 e. The topological polar surface area (TPSA) is 46.2 Å². The van der Waals surface area contributed by atoms with E-state index in [4.69, 9.17) is 5.73 Å². The van der Waals surface area contributed by atoms with E-state index in [0.29, 0.717) is 12.0 Å². The molecule has 0 aromatic heterocycles. The highest BCUT2D eigenvalue weighted by atomic mass is 79.9. The third kappa shape index (κ3) is 3.54. The molecule has 0 saturated heterocycles. The van der Waals surface area contributed by atoms with Crippen molar-refractivity contribution in [1.29, 1.82) is 0 Å². The van der Waals surface area contributed by atoms with Gasteiger partial charge in [-0.15, -0.1) is 0 Å². The van der Waals surface area contributed by atoms with Gasteiger partial charge in [-0.1, -0.05) is 29.3 Å². The Morgan fingerprint density at radius 3 is 2.75 bits per heavy atom. The molecule has 0 aliphatic carbocycles. The minimum absolute atomic E-state index is 0.146. The molecule has 0 bridgehead atoms. The summed E-state index contributed by atoms with van der Waals surface area (Å²) in [6.07, 6.45) is 1.65. The molecule has 1 atom stereocenters. The number of benzene rings is 1. The lowest BCUT2D eigenvalue weighted by atomic mass is 9.90. The summed E-state index contributed by atoms with van der Waals surface area (Å²) < 4.78 is 14.3. The Morgan fingerprint density at radius 1 is 1.50 bits per heavy atom. The zero-order valence-electron chi connectivity index (χ0n) is 9.34. The van der Waals surface area contributed by atoms with Gasteiger partial charge < -0.3 is 10.8 Å². The lowest BCUT2D eigenvalue weighted by Gasteiger charge is -2.26. The molecule has 90 valence electrons. The van der Waals surface area contributed by atoms with Crippen LogP contribution in [0.15, 0.2) is 22.7 Å². The lowest BCUT2D eigenvalue weighted by Crippen LogP contribution is -2.40. The lowest BCUT2D eigenvalue weighted by molar-refractivity contribution is 0.0390. The number of halogens is 2. The number of aliphatic hydroxyl groups is 1. The van der Waals surface area contributed by atoms with E-state index >= 15 is 0 Å². The third-order valence-corrected chi connectivity index (χ3v) is 3.12. The van der Waals surface area contributed by atoms with Crippen molar-refractivity contribution in [3.05, 3.63) is 34.1 Å². The molecule has 1 aromatic carbocycles. The SMILES string of the molecule is CCCC(O)(CN)Cc1cc(Br)ccc1F. The van der Waals surface area contributed by atoms with Crippen LogP contribution in [0.4, 0.5) is 4.39 Å². The quantitative estimate of drug-likeness (QED) is 0.875. The highest BCUT2D eigenvalue weighted by Crippen LogP contribution is 2.23. The van der Waals surface area contributed by atoms with Crippen molar-refractivity contribution in [3.8, 4) is 0 Å². The maximum absolute atomic E-state index is 13.5. The Bertz CT molecular complexity index is 359. The molecule has 16 heavy (non-hydrogen) atoms. The first-order chi connectivity index (χ1) is 7.50. The molecule has 3 N–H and O–H groups in total. The van der Waals surface area contributed by atoms with Gasteiger partial charge in [0.1, 0.15) is 5.82 Å². The molecule has 4 heteroatoms. The van der Waals surface area contributed by atoms with Crippen molar-refractivity contribution in [3.63, 3.8) is 0 Å². The van der Waals surface area contributed by atoms with Crippen LogP contribution in [0, 0.1) is 5.82 Å². The number of hydrogen-bond acceptors (Lipinski definition) is 2. The second-order valence-corrected chi connectivity index (χ2v) is 5.01. The summed E-state index contributed by atoms with van der Waals surface area (Å²) in [6.45, 7) is 2.12. The molecule has 0 aliphatic rings. The molecule has 0 heterocycles. The van der Waals surface area contributed by atoms with E-state index in [-0.39, 0.29) is 18.8 Å². The van der Waals surface area contributed by atoms with E-state index in [1.807, 2.05) is 6.92 Å². The zero-order chi connectivity index (χ0) is 12.2. The maximum atomic E-state index is 13.5. The van der Waals surface area contributed by atoms with Crippen LogP contribution >= 0.6 is 15.9 Å². The van der Waals surface area contributed by atoms with Crippen LogP contribution in [-0.4, -0.2) is 17.3 Å². The fraction of sp³-hybridized carbons (Fsp3) is 0.500. The first-order valence-corrected chi connectivity index (χ1v) is 6.16. The van der Waals surface area contributed by atoms with Crippen molar-refractivity contribution in [1.82, 2.24) is 0 Å². The van der Waals surface area contributed by atoms with Crippen molar-refractivity contribution in [2.24, 2.45) is 5.73 Å². The third-order valence-electron chi connectivity index (χ3n) is 2.62. The van der Waals surface area contributed by atoms with Gasteiger partial charge in [0.25, 0.3) is 0 Å². The van der Waals surface area contributed by atoms with Crippen molar-refractivity contribution < 1.29 is 9.50 Å². The van der Waals surface area contributed by atoms with Crippen LogP contribution in [0.2, 0.25) is 0 Å². The Balaban J connectivity index is 2.89. The van der Waals surface area contributed by atoms with Crippen molar-refractivity contribution >= 4 is 15.9 Å². The van der Waals surface area contributed by atoms with E-state index in [2.05, 4.69) is 15.9 Å². The van der Waals surface area contributed by atoms with Crippen LogP contribution < -0.4 is 5.73 Å². The summed E-state index contributed by atoms with van der Waals surface area (Å²) >= 11 is 3.29. The first kappa shape index (κ1) is 13.6. The van der Waals surface area contributed by atoms with Gasteiger partial charge in [0, 0.05) is 17.4 Å². The van der Waals surface area contributed by atoms with E-state index in [1.54, 1.807) is 12.1 Å². The number of rotatable bonds is 5. The van der Waals surface area contributed by atoms with Gasteiger partial charge in [-0.2, -0.15) is 0 Å². The van der Waals surface area contributed by atoms with Gasteiger partial charge in [0.15, 0.2) is 0 Å². The Kier molecular flexibility index (Phi) is 4.89. The predicted octanol–water partition coefficient (Wildman–Crippen LogP) is 2.62. The summed E-state index contributed by atoms with van der Waals surface area (Å²) in [4.78, 5) is 0. The monoisotopic (exact) mass is 289 g/mol. The van der Waals surface area contributed by atoms with Crippen LogP contribution in [0.25, 0.3) is 0 Å². The van der Waals surface area contributed by atoms with Gasteiger partial charge in [-0.05, 0) is 30.2 Å². The normalized spacial score (nSPS) is 14.8. The minimum Gasteiger partial charge on any atom is -0.388 e. The fourth-order valence-corrected chi connectivity index (χ4v) is 2.17. The van der Waals surface area contributed by atoms with E-state index in [0.717, 1.165) is 10.9 Å². The zero-order valence-corrected chi connectivity index (χ0v) is 10.9. The molecule has 1 aromatic rings. The van der Waals surface area contributed by atoms with Crippen molar-refractivity contribution in [2.75, 3.05) is 6.54 Å². The molecule has 0 radical (unpaired) electrons. The summed E-state index contributed by atoms with van der Waals surface area (Å²) in [7, 11) is 0. The van der Waals surface area contributed by atoms with Gasteiger partial charge in [0.05, 0.1) is 5.60 Å². The van der Waals surface area contributed by atoms with Gasteiger partial charge in [0.2, 0.25) is 0 Å². The van der Waals surface area contributed by atoms with E-state index in [1.165, 1.54) is 6.07 Å². The standard InChI is InChI=1S/C12H17BrFNO/c1-2-5-12(16,8-15)7-9-6-10(13)3-4-11(9)14/h3-4,6,16H,2,5,7-8,15H2,1H3. The molecular formula is C12H17BrFNO. The first-order valence-electron chi connectivity index (χ1n) is 5.37. The molecule has 2 nitrogen and oxygen atoms in total. The summed E-state index contributed by atoms with van der Waals surface area (Å²) in [6, 6.07) is 4.72. The molecule has 0 spiro atoms. The van der Waals surface area contributed by atoms with E-state index in [9.17, 15) is 9.50 Å². The van der Waals surface area contributed by atoms with E-state index < -0.39 is 5.60 Å². The molecule has 0 amide bonds. The Labute approximate surface area is 104 Å². The number of nitrogens with two attached hydrogens (primary N) is 1. The Morgan fingerprint density at radius 2 is 2.19 bits per heavy atom. The van der Waals surface area contributed by atoms with Gasteiger partial charge in [-0.25, -0.2) is 4.39 Å². The van der Waals surface area contributed by atoms with Gasteiger partial charge >= 0.3 is 0 Å². The average Bonchev–Trinajstić information content (AvgIpc) is 2.24. The number of hydrogen-bond donors (Lipinski definition) is 2. The van der Waals surface area contributed by atoms with Crippen LogP contribution in [0.5, 0.6) is 0 Å². The Hall–Kier alpha value is -0.450. The summed E-state index contributed by atoms with van der Waals surface area (Å²) in [5.41, 5.74) is 5.04. The highest BCUT2D eigenvalue weighted by Gasteiger charge is 2.25. The average molecular weight is 290 g/mol.